The third-order valence-corrected chi connectivity index (χ3v) is 3.19. The summed E-state index contributed by atoms with van der Waals surface area (Å²) in [6.07, 6.45) is 0. The van der Waals surface area contributed by atoms with Gasteiger partial charge in [-0.05, 0) is 49.9 Å². The number of hydrogen-bond acceptors (Lipinski definition) is 3. The van der Waals surface area contributed by atoms with Crippen molar-refractivity contribution in [3.8, 4) is 5.75 Å². The first-order valence-corrected chi connectivity index (χ1v) is 7.02. The van der Waals surface area contributed by atoms with E-state index in [1.165, 1.54) is 12.1 Å². The van der Waals surface area contributed by atoms with Gasteiger partial charge in [0.05, 0.1) is 6.61 Å². The van der Waals surface area contributed by atoms with E-state index in [2.05, 4.69) is 4.90 Å². The summed E-state index contributed by atoms with van der Waals surface area (Å²) in [6.45, 7) is 4.04. The number of nitrogens with zero attached hydrogens (tertiary/aromatic N) is 1. The maximum Gasteiger partial charge on any atom is 0.123 e. The van der Waals surface area contributed by atoms with Crippen molar-refractivity contribution in [2.45, 2.75) is 20.0 Å². The van der Waals surface area contributed by atoms with E-state index >= 15 is 0 Å². The molecule has 3 nitrogen and oxygen atoms in total. The average molecular weight is 288 g/mol. The largest absolute Gasteiger partial charge is 0.494 e. The van der Waals surface area contributed by atoms with Crippen molar-refractivity contribution in [1.82, 2.24) is 4.90 Å². The van der Waals surface area contributed by atoms with E-state index in [4.69, 9.17) is 10.5 Å². The zero-order chi connectivity index (χ0) is 15.2. The Morgan fingerprint density at radius 2 is 1.81 bits per heavy atom. The van der Waals surface area contributed by atoms with Crippen LogP contribution in [0, 0.1) is 5.82 Å². The molecule has 0 saturated carbocycles. The van der Waals surface area contributed by atoms with Crippen LogP contribution in [0.1, 0.15) is 18.1 Å². The molecule has 0 aliphatic carbocycles. The minimum atomic E-state index is -0.212. The van der Waals surface area contributed by atoms with Gasteiger partial charge in [0.15, 0.2) is 0 Å². The Hall–Kier alpha value is -2.07. The third kappa shape index (κ3) is 4.46. The molecule has 2 aromatic carbocycles. The maximum atomic E-state index is 12.9. The topological polar surface area (TPSA) is 38.5 Å². The summed E-state index contributed by atoms with van der Waals surface area (Å²) in [5, 5.41) is 0. The van der Waals surface area contributed by atoms with Crippen molar-refractivity contribution in [3.05, 3.63) is 59.4 Å². The fourth-order valence-electron chi connectivity index (χ4n) is 2.27. The standard InChI is InChI=1S/C17H21FN2O/c1-3-21-17-9-8-16(19)10-14(17)12-20(2)11-13-4-6-15(18)7-5-13/h4-10H,3,11-12,19H2,1-2H3. The predicted molar refractivity (Wildman–Crippen MR) is 83.6 cm³/mol. The Balaban J connectivity index is 2.06. The van der Waals surface area contributed by atoms with Gasteiger partial charge in [0.1, 0.15) is 11.6 Å². The lowest BCUT2D eigenvalue weighted by molar-refractivity contribution is 0.298. The zero-order valence-electron chi connectivity index (χ0n) is 12.5. The Morgan fingerprint density at radius 3 is 2.48 bits per heavy atom. The van der Waals surface area contributed by atoms with E-state index < -0.39 is 0 Å². The fourth-order valence-corrected chi connectivity index (χ4v) is 2.27. The maximum absolute atomic E-state index is 12.9. The molecule has 0 spiro atoms. The van der Waals surface area contributed by atoms with Crippen molar-refractivity contribution in [2.75, 3.05) is 19.4 Å². The lowest BCUT2D eigenvalue weighted by Gasteiger charge is -2.19. The molecule has 0 heterocycles. The molecule has 0 aliphatic rings. The van der Waals surface area contributed by atoms with E-state index in [0.717, 1.165) is 35.7 Å². The Labute approximate surface area is 125 Å². The van der Waals surface area contributed by atoms with Gasteiger partial charge in [0, 0.05) is 24.3 Å². The van der Waals surface area contributed by atoms with Gasteiger partial charge in [-0.2, -0.15) is 0 Å². The molecule has 2 rings (SSSR count). The lowest BCUT2D eigenvalue weighted by Crippen LogP contribution is -2.18. The van der Waals surface area contributed by atoms with Crippen LogP contribution < -0.4 is 10.5 Å². The highest BCUT2D eigenvalue weighted by Crippen LogP contribution is 2.23. The predicted octanol–water partition coefficient (Wildman–Crippen LogP) is 3.44. The number of hydrogen-bond donors (Lipinski definition) is 1. The van der Waals surface area contributed by atoms with Gasteiger partial charge in [-0.1, -0.05) is 12.1 Å². The van der Waals surface area contributed by atoms with Gasteiger partial charge in [0.25, 0.3) is 0 Å². The van der Waals surface area contributed by atoms with Crippen molar-refractivity contribution < 1.29 is 9.13 Å². The highest BCUT2D eigenvalue weighted by molar-refractivity contribution is 5.47. The Morgan fingerprint density at radius 1 is 1.10 bits per heavy atom. The van der Waals surface area contributed by atoms with Gasteiger partial charge in [-0.25, -0.2) is 4.39 Å². The van der Waals surface area contributed by atoms with Gasteiger partial charge in [0.2, 0.25) is 0 Å². The van der Waals surface area contributed by atoms with Crippen LogP contribution in [-0.2, 0) is 13.1 Å². The minimum Gasteiger partial charge on any atom is -0.494 e. The summed E-state index contributed by atoms with van der Waals surface area (Å²) < 4.78 is 18.5. The highest BCUT2D eigenvalue weighted by Gasteiger charge is 2.08. The lowest BCUT2D eigenvalue weighted by atomic mass is 10.1. The molecule has 0 saturated heterocycles. The van der Waals surface area contributed by atoms with Crippen LogP contribution in [0.15, 0.2) is 42.5 Å². The van der Waals surface area contributed by atoms with Crippen LogP contribution in [0.5, 0.6) is 5.75 Å². The monoisotopic (exact) mass is 288 g/mol. The molecule has 0 amide bonds. The minimum absolute atomic E-state index is 0.212. The second-order valence-electron chi connectivity index (χ2n) is 5.10. The normalized spacial score (nSPS) is 10.9. The van der Waals surface area contributed by atoms with Crippen molar-refractivity contribution in [3.63, 3.8) is 0 Å². The molecule has 2 aromatic rings. The van der Waals surface area contributed by atoms with Gasteiger partial charge in [-0.3, -0.25) is 4.90 Å². The van der Waals surface area contributed by atoms with Crippen LogP contribution in [0.25, 0.3) is 0 Å². The number of benzene rings is 2. The number of anilines is 1. The highest BCUT2D eigenvalue weighted by atomic mass is 19.1. The van der Waals surface area contributed by atoms with Crippen molar-refractivity contribution in [1.29, 1.82) is 0 Å². The van der Waals surface area contributed by atoms with E-state index in [1.54, 1.807) is 12.1 Å². The summed E-state index contributed by atoms with van der Waals surface area (Å²) in [6, 6.07) is 12.2. The smallest absolute Gasteiger partial charge is 0.123 e. The molecule has 4 heteroatoms. The first kappa shape index (κ1) is 15.3. The summed E-state index contributed by atoms with van der Waals surface area (Å²) in [7, 11) is 2.02. The molecule has 0 aliphatic heterocycles. The summed E-state index contributed by atoms with van der Waals surface area (Å²) in [5.74, 6) is 0.647. The van der Waals surface area contributed by atoms with E-state index in [0.29, 0.717) is 6.61 Å². The summed E-state index contributed by atoms with van der Waals surface area (Å²) in [5.41, 5.74) is 8.71. The molecular formula is C17H21FN2O. The second-order valence-corrected chi connectivity index (χ2v) is 5.10. The summed E-state index contributed by atoms with van der Waals surface area (Å²) >= 11 is 0. The second kappa shape index (κ2) is 7.09. The van der Waals surface area contributed by atoms with Crippen molar-refractivity contribution in [2.24, 2.45) is 0 Å². The summed E-state index contributed by atoms with van der Waals surface area (Å²) in [4.78, 5) is 2.14. The van der Waals surface area contributed by atoms with E-state index in [9.17, 15) is 4.39 Å². The van der Waals surface area contributed by atoms with Crippen LogP contribution in [0.2, 0.25) is 0 Å². The Bertz CT molecular complexity index is 584. The number of rotatable bonds is 6. The molecule has 0 aromatic heterocycles. The molecule has 0 bridgehead atoms. The van der Waals surface area contributed by atoms with Crippen LogP contribution in [0.4, 0.5) is 10.1 Å². The SMILES string of the molecule is CCOc1ccc(N)cc1CN(C)Cc1ccc(F)cc1. The molecule has 2 N–H and O–H groups in total. The quantitative estimate of drug-likeness (QED) is 0.828. The number of nitrogen functional groups attached to an aromatic ring is 1. The van der Waals surface area contributed by atoms with Crippen molar-refractivity contribution >= 4 is 5.69 Å². The van der Waals surface area contributed by atoms with Gasteiger partial charge < -0.3 is 10.5 Å². The molecule has 0 atom stereocenters. The molecule has 21 heavy (non-hydrogen) atoms. The first-order valence-electron chi connectivity index (χ1n) is 7.02. The molecule has 0 fully saturated rings. The van der Waals surface area contributed by atoms with Gasteiger partial charge in [-0.15, -0.1) is 0 Å². The van der Waals surface area contributed by atoms with E-state index in [1.807, 2.05) is 32.2 Å². The average Bonchev–Trinajstić information content (AvgIpc) is 2.44. The third-order valence-electron chi connectivity index (χ3n) is 3.19. The fraction of sp³-hybridized carbons (Fsp3) is 0.294. The first-order chi connectivity index (χ1) is 10.1. The van der Waals surface area contributed by atoms with Crippen LogP contribution in [0.3, 0.4) is 0 Å². The zero-order valence-corrected chi connectivity index (χ0v) is 12.5. The van der Waals surface area contributed by atoms with E-state index in [-0.39, 0.29) is 5.82 Å². The molecule has 0 radical (unpaired) electrons. The Kier molecular flexibility index (Phi) is 5.17. The van der Waals surface area contributed by atoms with Gasteiger partial charge >= 0.3 is 0 Å². The van der Waals surface area contributed by atoms with Crippen LogP contribution in [-0.4, -0.2) is 18.6 Å². The molecule has 0 unspecified atom stereocenters. The number of halogens is 1. The van der Waals surface area contributed by atoms with Crippen LogP contribution >= 0.6 is 0 Å². The number of ether oxygens (including phenoxy) is 1. The molecule has 112 valence electrons. The molecular weight excluding hydrogens is 267 g/mol. The number of nitrogens with two attached hydrogens (primary N) is 1.